The summed E-state index contributed by atoms with van der Waals surface area (Å²) in [6.45, 7) is 3.64. The maximum absolute atomic E-state index is 10.6. The molecule has 0 bridgehead atoms. The van der Waals surface area contributed by atoms with Crippen molar-refractivity contribution in [3.8, 4) is 5.75 Å². The molecule has 4 nitrogen and oxygen atoms in total. The second kappa shape index (κ2) is 6.85. The molecular weight excluding hydrogens is 204 g/mol. The first kappa shape index (κ1) is 12.5. The lowest BCUT2D eigenvalue weighted by molar-refractivity contribution is -0.118. The zero-order chi connectivity index (χ0) is 11.8. The Morgan fingerprint density at radius 1 is 1.31 bits per heavy atom. The number of hydrogen-bond donors (Lipinski definition) is 2. The maximum Gasteiger partial charge on any atom is 0.216 e. The average molecular weight is 222 g/mol. The van der Waals surface area contributed by atoms with Crippen molar-refractivity contribution >= 4 is 5.91 Å². The van der Waals surface area contributed by atoms with Crippen LogP contribution in [0.2, 0.25) is 0 Å². The second-order valence-corrected chi connectivity index (χ2v) is 3.47. The first-order chi connectivity index (χ1) is 7.74. The Kier molecular flexibility index (Phi) is 5.36. The molecule has 2 N–H and O–H groups in total. The largest absolute Gasteiger partial charge is 0.496 e. The Bertz CT molecular complexity index is 340. The number of rotatable bonds is 6. The van der Waals surface area contributed by atoms with E-state index in [4.69, 9.17) is 4.74 Å². The molecule has 1 aromatic carbocycles. The van der Waals surface area contributed by atoms with Crippen LogP contribution in [-0.4, -0.2) is 26.1 Å². The lowest BCUT2D eigenvalue weighted by Gasteiger charge is -2.09. The SMILES string of the molecule is COc1ccccc1CNCCNC(C)=O. The molecule has 16 heavy (non-hydrogen) atoms. The van der Waals surface area contributed by atoms with Gasteiger partial charge < -0.3 is 15.4 Å². The molecule has 4 heteroatoms. The molecule has 0 saturated carbocycles. The predicted octanol–water partition coefficient (Wildman–Crippen LogP) is 0.921. The van der Waals surface area contributed by atoms with Gasteiger partial charge in [0.25, 0.3) is 0 Å². The molecule has 0 saturated heterocycles. The molecule has 0 heterocycles. The average Bonchev–Trinajstić information content (AvgIpc) is 2.29. The van der Waals surface area contributed by atoms with Crippen molar-refractivity contribution in [2.75, 3.05) is 20.2 Å². The molecule has 1 aromatic rings. The summed E-state index contributed by atoms with van der Waals surface area (Å²) in [6.07, 6.45) is 0. The van der Waals surface area contributed by atoms with E-state index in [1.807, 2.05) is 24.3 Å². The van der Waals surface area contributed by atoms with E-state index in [1.54, 1.807) is 7.11 Å². The van der Waals surface area contributed by atoms with E-state index in [0.29, 0.717) is 6.54 Å². The van der Waals surface area contributed by atoms with Crippen molar-refractivity contribution in [2.45, 2.75) is 13.5 Å². The topological polar surface area (TPSA) is 50.4 Å². The van der Waals surface area contributed by atoms with Crippen molar-refractivity contribution in [1.82, 2.24) is 10.6 Å². The molecule has 0 fully saturated rings. The zero-order valence-corrected chi connectivity index (χ0v) is 9.75. The molecular formula is C12H18N2O2. The lowest BCUT2D eigenvalue weighted by Crippen LogP contribution is -2.29. The number of ether oxygens (including phenoxy) is 1. The summed E-state index contributed by atoms with van der Waals surface area (Å²) >= 11 is 0. The first-order valence-corrected chi connectivity index (χ1v) is 5.31. The predicted molar refractivity (Wildman–Crippen MR) is 63.4 cm³/mol. The summed E-state index contributed by atoms with van der Waals surface area (Å²) in [6, 6.07) is 7.88. The highest BCUT2D eigenvalue weighted by molar-refractivity contribution is 5.72. The quantitative estimate of drug-likeness (QED) is 0.704. The summed E-state index contributed by atoms with van der Waals surface area (Å²) in [5, 5.41) is 5.96. The minimum absolute atomic E-state index is 0.000841. The molecule has 0 unspecified atom stereocenters. The van der Waals surface area contributed by atoms with Gasteiger partial charge in [-0.2, -0.15) is 0 Å². The summed E-state index contributed by atoms with van der Waals surface area (Å²) in [5.41, 5.74) is 1.12. The van der Waals surface area contributed by atoms with Gasteiger partial charge >= 0.3 is 0 Å². The third-order valence-electron chi connectivity index (χ3n) is 2.18. The summed E-state index contributed by atoms with van der Waals surface area (Å²) in [4.78, 5) is 10.6. The summed E-state index contributed by atoms with van der Waals surface area (Å²) < 4.78 is 5.23. The van der Waals surface area contributed by atoms with Crippen LogP contribution >= 0.6 is 0 Å². The summed E-state index contributed by atoms with van der Waals surface area (Å²) in [5.74, 6) is 0.883. The van der Waals surface area contributed by atoms with Crippen LogP contribution in [0, 0.1) is 0 Å². The van der Waals surface area contributed by atoms with Gasteiger partial charge in [-0.05, 0) is 6.07 Å². The third-order valence-corrected chi connectivity index (χ3v) is 2.18. The van der Waals surface area contributed by atoms with Gasteiger partial charge in [0.1, 0.15) is 5.75 Å². The zero-order valence-electron chi connectivity index (χ0n) is 9.75. The molecule has 0 aliphatic carbocycles. The van der Waals surface area contributed by atoms with E-state index < -0.39 is 0 Å². The van der Waals surface area contributed by atoms with Gasteiger partial charge in [-0.1, -0.05) is 18.2 Å². The Morgan fingerprint density at radius 2 is 2.06 bits per heavy atom. The van der Waals surface area contributed by atoms with Gasteiger partial charge in [-0.3, -0.25) is 4.79 Å². The van der Waals surface area contributed by atoms with Crippen LogP contribution in [0.3, 0.4) is 0 Å². The normalized spacial score (nSPS) is 9.88. The van der Waals surface area contributed by atoms with Crippen molar-refractivity contribution in [2.24, 2.45) is 0 Å². The molecule has 0 aliphatic heterocycles. The fourth-order valence-corrected chi connectivity index (χ4v) is 1.40. The molecule has 0 aliphatic rings. The van der Waals surface area contributed by atoms with E-state index in [2.05, 4.69) is 10.6 Å². The number of para-hydroxylation sites is 1. The number of carbonyl (C=O) groups is 1. The van der Waals surface area contributed by atoms with Crippen molar-refractivity contribution in [3.63, 3.8) is 0 Å². The highest BCUT2D eigenvalue weighted by Gasteiger charge is 2.00. The molecule has 88 valence electrons. The highest BCUT2D eigenvalue weighted by Crippen LogP contribution is 2.16. The molecule has 1 rings (SSSR count). The van der Waals surface area contributed by atoms with Crippen LogP contribution in [0.5, 0.6) is 5.75 Å². The Balaban J connectivity index is 2.28. The fraction of sp³-hybridized carbons (Fsp3) is 0.417. The van der Waals surface area contributed by atoms with Crippen LogP contribution in [0.4, 0.5) is 0 Å². The van der Waals surface area contributed by atoms with Gasteiger partial charge in [-0.25, -0.2) is 0 Å². The first-order valence-electron chi connectivity index (χ1n) is 5.31. The van der Waals surface area contributed by atoms with E-state index in [9.17, 15) is 4.79 Å². The minimum atomic E-state index is -0.000841. The van der Waals surface area contributed by atoms with Crippen LogP contribution < -0.4 is 15.4 Å². The van der Waals surface area contributed by atoms with Crippen LogP contribution in [0.25, 0.3) is 0 Å². The lowest BCUT2D eigenvalue weighted by atomic mass is 10.2. The van der Waals surface area contributed by atoms with E-state index in [0.717, 1.165) is 24.4 Å². The van der Waals surface area contributed by atoms with E-state index >= 15 is 0 Å². The van der Waals surface area contributed by atoms with Crippen LogP contribution in [0.1, 0.15) is 12.5 Å². The van der Waals surface area contributed by atoms with Crippen molar-refractivity contribution in [3.05, 3.63) is 29.8 Å². The molecule has 0 radical (unpaired) electrons. The number of amides is 1. The summed E-state index contributed by atoms with van der Waals surface area (Å²) in [7, 11) is 1.66. The van der Waals surface area contributed by atoms with Crippen LogP contribution in [0.15, 0.2) is 24.3 Å². The van der Waals surface area contributed by atoms with Crippen molar-refractivity contribution < 1.29 is 9.53 Å². The smallest absolute Gasteiger partial charge is 0.216 e. The van der Waals surface area contributed by atoms with E-state index in [1.165, 1.54) is 6.92 Å². The Morgan fingerprint density at radius 3 is 2.75 bits per heavy atom. The monoisotopic (exact) mass is 222 g/mol. The highest BCUT2D eigenvalue weighted by atomic mass is 16.5. The second-order valence-electron chi connectivity index (χ2n) is 3.47. The van der Waals surface area contributed by atoms with Crippen LogP contribution in [-0.2, 0) is 11.3 Å². The molecule has 1 amide bonds. The molecule has 0 spiro atoms. The van der Waals surface area contributed by atoms with Crippen molar-refractivity contribution in [1.29, 1.82) is 0 Å². The third kappa shape index (κ3) is 4.31. The fourth-order valence-electron chi connectivity index (χ4n) is 1.40. The molecule has 0 atom stereocenters. The van der Waals surface area contributed by atoms with Gasteiger partial charge in [0.15, 0.2) is 0 Å². The maximum atomic E-state index is 10.6. The minimum Gasteiger partial charge on any atom is -0.496 e. The van der Waals surface area contributed by atoms with Gasteiger partial charge in [0.05, 0.1) is 7.11 Å². The number of methoxy groups -OCH3 is 1. The van der Waals surface area contributed by atoms with Gasteiger partial charge in [-0.15, -0.1) is 0 Å². The number of nitrogens with one attached hydrogen (secondary N) is 2. The molecule has 0 aromatic heterocycles. The van der Waals surface area contributed by atoms with Gasteiger partial charge in [0.2, 0.25) is 5.91 Å². The van der Waals surface area contributed by atoms with Gasteiger partial charge in [0, 0.05) is 32.1 Å². The number of benzene rings is 1. The van der Waals surface area contributed by atoms with E-state index in [-0.39, 0.29) is 5.91 Å². The Labute approximate surface area is 96.0 Å². The standard InChI is InChI=1S/C12H18N2O2/c1-10(15)14-8-7-13-9-11-5-3-4-6-12(11)16-2/h3-6,13H,7-9H2,1-2H3,(H,14,15). The number of hydrogen-bond acceptors (Lipinski definition) is 3. The number of carbonyl (C=O) groups excluding carboxylic acids is 1. The Hall–Kier alpha value is -1.55.